The first kappa shape index (κ1) is 21.4. The van der Waals surface area contributed by atoms with Crippen molar-refractivity contribution in [1.29, 1.82) is 0 Å². The van der Waals surface area contributed by atoms with E-state index in [0.717, 1.165) is 61.3 Å². The lowest BCUT2D eigenvalue weighted by molar-refractivity contribution is 0.631. The van der Waals surface area contributed by atoms with E-state index in [9.17, 15) is 0 Å². The Morgan fingerprint density at radius 3 is 1.94 bits per heavy atom. The second-order valence-electron chi connectivity index (χ2n) is 11.7. The van der Waals surface area contributed by atoms with Gasteiger partial charge < -0.3 is 9.32 Å². The zero-order valence-electron chi connectivity index (χ0n) is 32.7. The van der Waals surface area contributed by atoms with Crippen LogP contribution in [0.5, 0.6) is 0 Å². The molecule has 8 aromatic carbocycles. The van der Waals surface area contributed by atoms with E-state index in [2.05, 4.69) is 77.7 Å². The molecule has 9 aromatic rings. The topological polar surface area (TPSA) is 16.4 Å². The molecule has 2 nitrogen and oxygen atoms in total. The number of benzene rings is 8. The van der Waals surface area contributed by atoms with Crippen molar-refractivity contribution in [3.63, 3.8) is 0 Å². The van der Waals surface area contributed by atoms with Crippen LogP contribution in [0.2, 0.25) is 0 Å². The summed E-state index contributed by atoms with van der Waals surface area (Å²) in [6.45, 7) is 0. The van der Waals surface area contributed by atoms with E-state index in [1.165, 1.54) is 0 Å². The molecule has 0 radical (unpaired) electrons. The molecular formula is C46H31NO. The Balaban J connectivity index is 1.15. The Morgan fingerprint density at radius 1 is 0.438 bits per heavy atom. The fourth-order valence-corrected chi connectivity index (χ4v) is 6.42. The third-order valence-electron chi connectivity index (χ3n) is 8.77. The molecule has 0 aliphatic heterocycles. The van der Waals surface area contributed by atoms with Gasteiger partial charge in [0.2, 0.25) is 0 Å². The second kappa shape index (κ2) is 11.8. The number of para-hydroxylation sites is 1. The maximum Gasteiger partial charge on any atom is 0.135 e. The van der Waals surface area contributed by atoms with Crippen LogP contribution in [0.15, 0.2) is 192 Å². The van der Waals surface area contributed by atoms with E-state index in [4.69, 9.17) is 14.0 Å². The molecule has 48 heavy (non-hydrogen) atoms. The summed E-state index contributed by atoms with van der Waals surface area (Å²) >= 11 is 0. The monoisotopic (exact) mass is 620 g/mol. The number of hydrogen-bond donors (Lipinski definition) is 0. The average molecular weight is 621 g/mol. The Kier molecular flexibility index (Phi) is 5.25. The molecular weight excluding hydrogens is 583 g/mol. The zero-order valence-corrected chi connectivity index (χ0v) is 25.7. The summed E-state index contributed by atoms with van der Waals surface area (Å²) in [4.78, 5) is 2.16. The largest absolute Gasteiger partial charge is 0.456 e. The summed E-state index contributed by atoms with van der Waals surface area (Å²) in [6, 6.07) is 45.9. The lowest BCUT2D eigenvalue weighted by atomic mass is 9.98. The summed E-state index contributed by atoms with van der Waals surface area (Å²) in [7, 11) is 0. The third kappa shape index (κ3) is 5.01. The van der Waals surface area contributed by atoms with Gasteiger partial charge in [-0.05, 0) is 86.9 Å². The van der Waals surface area contributed by atoms with Gasteiger partial charge in [0, 0.05) is 27.7 Å². The van der Waals surface area contributed by atoms with Gasteiger partial charge in [-0.15, -0.1) is 0 Å². The second-order valence-corrected chi connectivity index (χ2v) is 11.7. The standard InChI is InChI=1S/C46H31NO/c1-4-17-41-33(10-1)13-8-19-42(41)35-24-28-40(29-25-35)47(44-20-9-14-34-11-2-5-18-43(34)44)39-26-22-32(23-27-39)36-15-7-16-37(30-36)46-31-38-12-3-6-21-45(38)48-46/h1-31H/i1D,4D,8D,10D,13D,17D,19D. The molecule has 0 atom stereocenters. The van der Waals surface area contributed by atoms with Gasteiger partial charge in [-0.3, -0.25) is 0 Å². The van der Waals surface area contributed by atoms with Crippen LogP contribution in [0.25, 0.3) is 66.1 Å². The van der Waals surface area contributed by atoms with Crippen LogP contribution in [0, 0.1) is 0 Å². The van der Waals surface area contributed by atoms with Crippen molar-refractivity contribution in [2.24, 2.45) is 0 Å². The van der Waals surface area contributed by atoms with Crippen LogP contribution < -0.4 is 4.90 Å². The molecule has 0 N–H and O–H groups in total. The minimum absolute atomic E-state index is 0.0633. The summed E-state index contributed by atoms with van der Waals surface area (Å²) < 4.78 is 65.8. The summed E-state index contributed by atoms with van der Waals surface area (Å²) in [5.74, 6) is 0.811. The quantitative estimate of drug-likeness (QED) is 0.184. The highest BCUT2D eigenvalue weighted by Gasteiger charge is 2.16. The van der Waals surface area contributed by atoms with Crippen molar-refractivity contribution in [2.45, 2.75) is 0 Å². The van der Waals surface area contributed by atoms with Crippen LogP contribution in [0.1, 0.15) is 9.60 Å². The third-order valence-corrected chi connectivity index (χ3v) is 8.77. The van der Waals surface area contributed by atoms with E-state index in [1.54, 1.807) is 0 Å². The maximum absolute atomic E-state index is 8.85. The number of fused-ring (bicyclic) bond motifs is 3. The van der Waals surface area contributed by atoms with Gasteiger partial charge in [0.1, 0.15) is 11.3 Å². The molecule has 2 heteroatoms. The van der Waals surface area contributed by atoms with Crippen LogP contribution in [-0.4, -0.2) is 0 Å². The van der Waals surface area contributed by atoms with Crippen molar-refractivity contribution >= 4 is 49.6 Å². The first-order chi connectivity index (χ1) is 26.7. The molecule has 0 aliphatic rings. The molecule has 1 aromatic heterocycles. The van der Waals surface area contributed by atoms with Gasteiger partial charge in [-0.1, -0.05) is 139 Å². The fourth-order valence-electron chi connectivity index (χ4n) is 6.42. The highest BCUT2D eigenvalue weighted by molar-refractivity contribution is 6.00. The number of nitrogens with zero attached hydrogens (tertiary/aromatic N) is 1. The first-order valence-corrected chi connectivity index (χ1v) is 15.8. The fraction of sp³-hybridized carbons (Fsp3) is 0. The van der Waals surface area contributed by atoms with Crippen molar-refractivity contribution < 1.29 is 14.0 Å². The van der Waals surface area contributed by atoms with E-state index in [1.807, 2.05) is 72.8 Å². The molecule has 226 valence electrons. The number of furan rings is 1. The van der Waals surface area contributed by atoms with Crippen molar-refractivity contribution in [1.82, 2.24) is 0 Å². The smallest absolute Gasteiger partial charge is 0.135 e. The predicted molar refractivity (Wildman–Crippen MR) is 202 cm³/mol. The van der Waals surface area contributed by atoms with Crippen molar-refractivity contribution in [3.05, 3.63) is 188 Å². The number of rotatable bonds is 6. The van der Waals surface area contributed by atoms with Crippen molar-refractivity contribution in [3.8, 4) is 33.6 Å². The lowest BCUT2D eigenvalue weighted by Gasteiger charge is -2.27. The minimum Gasteiger partial charge on any atom is -0.456 e. The lowest BCUT2D eigenvalue weighted by Crippen LogP contribution is -2.10. The van der Waals surface area contributed by atoms with Gasteiger partial charge in [0.05, 0.1) is 15.3 Å². The molecule has 0 amide bonds. The van der Waals surface area contributed by atoms with E-state index >= 15 is 0 Å². The van der Waals surface area contributed by atoms with Crippen molar-refractivity contribution in [2.75, 3.05) is 4.90 Å². The molecule has 1 heterocycles. The molecule has 9 rings (SSSR count). The Bertz CT molecular complexity index is 2910. The summed E-state index contributed by atoms with van der Waals surface area (Å²) in [6.07, 6.45) is 0. The van der Waals surface area contributed by atoms with Crippen LogP contribution in [0.3, 0.4) is 0 Å². The Labute approximate surface area is 289 Å². The van der Waals surface area contributed by atoms with Crippen LogP contribution >= 0.6 is 0 Å². The zero-order chi connectivity index (χ0) is 38.0. The number of hydrogen-bond acceptors (Lipinski definition) is 2. The Hall–Kier alpha value is -6.38. The Morgan fingerprint density at radius 2 is 1.10 bits per heavy atom. The van der Waals surface area contributed by atoms with Gasteiger partial charge in [-0.2, -0.15) is 0 Å². The van der Waals surface area contributed by atoms with E-state index in [-0.39, 0.29) is 40.5 Å². The molecule has 0 aliphatic carbocycles. The highest BCUT2D eigenvalue weighted by Crippen LogP contribution is 2.41. The molecule has 0 saturated carbocycles. The van der Waals surface area contributed by atoms with Crippen LogP contribution in [-0.2, 0) is 0 Å². The molecule has 0 fully saturated rings. The maximum atomic E-state index is 8.85. The minimum atomic E-state index is -0.472. The average Bonchev–Trinajstić information content (AvgIpc) is 3.67. The molecule has 0 spiro atoms. The molecule has 0 saturated heterocycles. The first-order valence-electron chi connectivity index (χ1n) is 19.3. The molecule has 0 unspecified atom stereocenters. The number of anilines is 3. The van der Waals surface area contributed by atoms with Gasteiger partial charge in [-0.25, -0.2) is 0 Å². The summed E-state index contributed by atoms with van der Waals surface area (Å²) in [5.41, 5.74) is 7.32. The predicted octanol–water partition coefficient (Wildman–Crippen LogP) is 13.2. The summed E-state index contributed by atoms with van der Waals surface area (Å²) in [5, 5.41) is 3.19. The van der Waals surface area contributed by atoms with E-state index in [0.29, 0.717) is 5.56 Å². The normalized spacial score (nSPS) is 13.4. The van der Waals surface area contributed by atoms with Gasteiger partial charge in [0.15, 0.2) is 0 Å². The SMILES string of the molecule is [2H]c1c([2H])c([2H])c2c(-c3ccc(N(c4ccc(-c5cccc(-c6cc7ccccc7o6)c5)cc4)c4cccc5ccccc45)cc3)c([2H])c([2H])c([2H])c2c1[2H]. The van der Waals surface area contributed by atoms with Crippen LogP contribution in [0.4, 0.5) is 17.1 Å². The van der Waals surface area contributed by atoms with Gasteiger partial charge in [0.25, 0.3) is 0 Å². The van der Waals surface area contributed by atoms with E-state index < -0.39 is 18.1 Å². The molecule has 0 bridgehead atoms. The van der Waals surface area contributed by atoms with Gasteiger partial charge >= 0.3 is 0 Å². The highest BCUT2D eigenvalue weighted by atomic mass is 16.3.